The van der Waals surface area contributed by atoms with Crippen molar-refractivity contribution in [1.82, 2.24) is 4.90 Å². The van der Waals surface area contributed by atoms with Gasteiger partial charge in [0.05, 0.1) is 16.6 Å². The lowest BCUT2D eigenvalue weighted by atomic mass is 10.0. The molecule has 0 amide bonds. The van der Waals surface area contributed by atoms with Gasteiger partial charge in [-0.25, -0.2) is 0 Å². The van der Waals surface area contributed by atoms with E-state index in [0.29, 0.717) is 32.0 Å². The number of halogens is 3. The Balaban J connectivity index is 2.24. The van der Waals surface area contributed by atoms with Gasteiger partial charge in [-0.3, -0.25) is 15.0 Å². The summed E-state index contributed by atoms with van der Waals surface area (Å²) in [6, 6.07) is 2.82. The summed E-state index contributed by atoms with van der Waals surface area (Å²) in [6.45, 7) is 1.09. The molecule has 1 fully saturated rings. The van der Waals surface area contributed by atoms with E-state index in [1.165, 1.54) is 0 Å². The zero-order valence-corrected chi connectivity index (χ0v) is 11.1. The maximum absolute atomic E-state index is 13.0. The van der Waals surface area contributed by atoms with Crippen LogP contribution in [0, 0.1) is 10.1 Å². The van der Waals surface area contributed by atoms with Crippen LogP contribution in [0.3, 0.4) is 0 Å². The van der Waals surface area contributed by atoms with Crippen molar-refractivity contribution >= 4 is 5.69 Å². The standard InChI is InChI=1S/C13H15F3N2O3/c14-13(15,16)12-7-10(18(20)21)2-1-9(12)8-17-5-3-11(19)4-6-17/h1-2,7,11,19H,3-6,8H2. The highest BCUT2D eigenvalue weighted by molar-refractivity contribution is 5.41. The number of aliphatic hydroxyl groups excluding tert-OH is 1. The lowest BCUT2D eigenvalue weighted by molar-refractivity contribution is -0.385. The second-order valence-electron chi connectivity index (χ2n) is 5.10. The van der Waals surface area contributed by atoms with Crippen molar-refractivity contribution in [1.29, 1.82) is 0 Å². The van der Waals surface area contributed by atoms with E-state index in [0.717, 1.165) is 12.1 Å². The van der Waals surface area contributed by atoms with Crippen LogP contribution >= 0.6 is 0 Å². The molecule has 8 heteroatoms. The van der Waals surface area contributed by atoms with Crippen LogP contribution in [-0.4, -0.2) is 34.1 Å². The number of likely N-dealkylation sites (tertiary alicyclic amines) is 1. The van der Waals surface area contributed by atoms with Crippen molar-refractivity contribution in [3.63, 3.8) is 0 Å². The second-order valence-corrected chi connectivity index (χ2v) is 5.10. The van der Waals surface area contributed by atoms with Gasteiger partial charge in [-0.1, -0.05) is 6.07 Å². The first kappa shape index (κ1) is 15.7. The smallest absolute Gasteiger partial charge is 0.393 e. The molecule has 1 aromatic rings. The Kier molecular flexibility index (Phi) is 4.48. The zero-order valence-electron chi connectivity index (χ0n) is 11.1. The highest BCUT2D eigenvalue weighted by Gasteiger charge is 2.35. The summed E-state index contributed by atoms with van der Waals surface area (Å²) in [5.74, 6) is 0. The van der Waals surface area contributed by atoms with Crippen molar-refractivity contribution in [2.75, 3.05) is 13.1 Å². The van der Waals surface area contributed by atoms with E-state index in [4.69, 9.17) is 0 Å². The quantitative estimate of drug-likeness (QED) is 0.688. The van der Waals surface area contributed by atoms with Crippen LogP contribution in [0.2, 0.25) is 0 Å². The number of hydrogen-bond donors (Lipinski definition) is 1. The van der Waals surface area contributed by atoms with Gasteiger partial charge in [0.25, 0.3) is 5.69 Å². The lowest BCUT2D eigenvalue weighted by Crippen LogP contribution is -2.35. The van der Waals surface area contributed by atoms with Crippen LogP contribution < -0.4 is 0 Å². The van der Waals surface area contributed by atoms with Gasteiger partial charge in [0.15, 0.2) is 0 Å². The Morgan fingerprint density at radius 1 is 1.33 bits per heavy atom. The van der Waals surface area contributed by atoms with Crippen LogP contribution in [0.15, 0.2) is 18.2 Å². The highest BCUT2D eigenvalue weighted by Crippen LogP contribution is 2.35. The number of nitro benzene ring substituents is 1. The van der Waals surface area contributed by atoms with Gasteiger partial charge in [0.1, 0.15) is 0 Å². The molecular formula is C13H15F3N2O3. The Bertz CT molecular complexity index is 526. The van der Waals surface area contributed by atoms with Crippen molar-refractivity contribution < 1.29 is 23.2 Å². The minimum atomic E-state index is -4.63. The molecule has 2 rings (SSSR count). The molecule has 0 atom stereocenters. The van der Waals surface area contributed by atoms with Crippen LogP contribution in [-0.2, 0) is 12.7 Å². The third-order valence-corrected chi connectivity index (χ3v) is 3.56. The number of rotatable bonds is 3. The van der Waals surface area contributed by atoms with E-state index >= 15 is 0 Å². The van der Waals surface area contributed by atoms with Gasteiger partial charge >= 0.3 is 6.18 Å². The Hall–Kier alpha value is -1.67. The number of aliphatic hydroxyl groups is 1. The van der Waals surface area contributed by atoms with Crippen LogP contribution in [0.5, 0.6) is 0 Å². The second kappa shape index (κ2) is 5.98. The fourth-order valence-corrected chi connectivity index (χ4v) is 2.40. The molecule has 0 aliphatic carbocycles. The predicted molar refractivity (Wildman–Crippen MR) is 68.6 cm³/mol. The molecule has 1 saturated heterocycles. The Labute approximate surface area is 119 Å². The number of non-ortho nitro benzene ring substituents is 1. The molecule has 21 heavy (non-hydrogen) atoms. The number of nitro groups is 1. The molecule has 1 N–H and O–H groups in total. The average molecular weight is 304 g/mol. The minimum absolute atomic E-state index is 0.0180. The average Bonchev–Trinajstić information content (AvgIpc) is 2.40. The first-order valence-corrected chi connectivity index (χ1v) is 6.52. The fourth-order valence-electron chi connectivity index (χ4n) is 2.40. The summed E-state index contributed by atoms with van der Waals surface area (Å²) in [7, 11) is 0. The maximum atomic E-state index is 13.0. The van der Waals surface area contributed by atoms with Crippen molar-refractivity contribution in [3.05, 3.63) is 39.4 Å². The monoisotopic (exact) mass is 304 g/mol. The molecule has 1 aliphatic heterocycles. The summed E-state index contributed by atoms with van der Waals surface area (Å²) in [6.07, 6.45) is -3.99. The molecule has 116 valence electrons. The number of hydrogen-bond acceptors (Lipinski definition) is 4. The molecule has 0 bridgehead atoms. The third-order valence-electron chi connectivity index (χ3n) is 3.56. The van der Waals surface area contributed by atoms with Gasteiger partial charge in [-0.2, -0.15) is 13.2 Å². The van der Waals surface area contributed by atoms with Crippen molar-refractivity contribution in [2.24, 2.45) is 0 Å². The number of alkyl halides is 3. The van der Waals surface area contributed by atoms with E-state index in [9.17, 15) is 28.4 Å². The predicted octanol–water partition coefficient (Wildman–Crippen LogP) is 2.57. The normalized spacial score (nSPS) is 17.9. The summed E-state index contributed by atoms with van der Waals surface area (Å²) < 4.78 is 39.1. The molecule has 1 aromatic carbocycles. The highest BCUT2D eigenvalue weighted by atomic mass is 19.4. The van der Waals surface area contributed by atoms with Gasteiger partial charge in [0, 0.05) is 31.8 Å². The Morgan fingerprint density at radius 3 is 2.48 bits per heavy atom. The van der Waals surface area contributed by atoms with E-state index in [1.54, 1.807) is 0 Å². The number of nitrogens with zero attached hydrogens (tertiary/aromatic N) is 2. The van der Waals surface area contributed by atoms with Gasteiger partial charge in [0.2, 0.25) is 0 Å². The molecule has 0 radical (unpaired) electrons. The number of piperidine rings is 1. The molecule has 1 aliphatic rings. The minimum Gasteiger partial charge on any atom is -0.393 e. The molecule has 5 nitrogen and oxygen atoms in total. The largest absolute Gasteiger partial charge is 0.416 e. The van der Waals surface area contributed by atoms with E-state index in [1.807, 2.05) is 4.90 Å². The Morgan fingerprint density at radius 2 is 1.95 bits per heavy atom. The van der Waals surface area contributed by atoms with Crippen molar-refractivity contribution in [3.8, 4) is 0 Å². The molecular weight excluding hydrogens is 289 g/mol. The zero-order chi connectivity index (χ0) is 15.6. The fraction of sp³-hybridized carbons (Fsp3) is 0.538. The summed E-state index contributed by atoms with van der Waals surface area (Å²) >= 11 is 0. The summed E-state index contributed by atoms with van der Waals surface area (Å²) in [4.78, 5) is 11.6. The first-order valence-electron chi connectivity index (χ1n) is 6.52. The SMILES string of the molecule is O=[N+]([O-])c1ccc(CN2CCC(O)CC2)c(C(F)(F)F)c1. The van der Waals surface area contributed by atoms with E-state index in [-0.39, 0.29) is 12.1 Å². The van der Waals surface area contributed by atoms with Gasteiger partial charge in [-0.05, 0) is 18.4 Å². The molecule has 0 unspecified atom stereocenters. The first-order chi connectivity index (χ1) is 9.77. The lowest BCUT2D eigenvalue weighted by Gasteiger charge is -2.30. The van der Waals surface area contributed by atoms with Crippen molar-refractivity contribution in [2.45, 2.75) is 31.7 Å². The van der Waals surface area contributed by atoms with Crippen LogP contribution in [0.25, 0.3) is 0 Å². The number of benzene rings is 1. The summed E-state index contributed by atoms with van der Waals surface area (Å²) in [5, 5.41) is 20.0. The third kappa shape index (κ3) is 3.92. The summed E-state index contributed by atoms with van der Waals surface area (Å²) in [5.41, 5.74) is -1.52. The van der Waals surface area contributed by atoms with Gasteiger partial charge < -0.3 is 5.11 Å². The van der Waals surface area contributed by atoms with Gasteiger partial charge in [-0.15, -0.1) is 0 Å². The maximum Gasteiger partial charge on any atom is 0.416 e. The van der Waals surface area contributed by atoms with E-state index < -0.39 is 28.5 Å². The molecule has 0 aromatic heterocycles. The van der Waals surface area contributed by atoms with Crippen LogP contribution in [0.1, 0.15) is 24.0 Å². The topological polar surface area (TPSA) is 66.6 Å². The molecule has 0 spiro atoms. The molecule has 0 saturated carbocycles. The van der Waals surface area contributed by atoms with Crippen LogP contribution in [0.4, 0.5) is 18.9 Å². The molecule has 1 heterocycles. The van der Waals surface area contributed by atoms with E-state index in [2.05, 4.69) is 0 Å².